The van der Waals surface area contributed by atoms with E-state index in [-0.39, 0.29) is 18.3 Å². The number of rotatable bonds is 4. The SMILES string of the molecule is CC1(C)OB(CCCN=[N+]=[N-])OC1(C)C. The first kappa shape index (κ1) is 12.4. The first-order valence-corrected chi connectivity index (χ1v) is 5.25. The maximum atomic E-state index is 8.12. The van der Waals surface area contributed by atoms with E-state index in [0.717, 1.165) is 12.7 Å². The van der Waals surface area contributed by atoms with Crippen LogP contribution in [-0.4, -0.2) is 24.9 Å². The molecular weight excluding hydrogens is 193 g/mol. The largest absolute Gasteiger partial charge is 0.457 e. The van der Waals surface area contributed by atoms with Crippen molar-refractivity contribution in [2.45, 2.75) is 51.6 Å². The third-order valence-electron chi connectivity index (χ3n) is 3.06. The van der Waals surface area contributed by atoms with E-state index < -0.39 is 0 Å². The van der Waals surface area contributed by atoms with Crippen molar-refractivity contribution >= 4 is 7.12 Å². The number of hydrogen-bond acceptors (Lipinski definition) is 3. The fourth-order valence-corrected chi connectivity index (χ4v) is 1.46. The Balaban J connectivity index is 2.39. The Labute approximate surface area is 90.9 Å². The fourth-order valence-electron chi connectivity index (χ4n) is 1.46. The highest BCUT2D eigenvalue weighted by Crippen LogP contribution is 2.37. The summed E-state index contributed by atoms with van der Waals surface area (Å²) in [5.41, 5.74) is 7.58. The standard InChI is InChI=1S/C9H18BN3O2/c1-8(2)9(3,4)15-10(14-8)6-5-7-12-13-11/h5-7H2,1-4H3. The minimum atomic E-state index is -0.268. The summed E-state index contributed by atoms with van der Waals surface area (Å²) in [6.07, 6.45) is 1.56. The van der Waals surface area contributed by atoms with Gasteiger partial charge < -0.3 is 9.31 Å². The van der Waals surface area contributed by atoms with E-state index in [1.165, 1.54) is 0 Å². The minimum Gasteiger partial charge on any atom is -0.403 e. The Bertz CT molecular complexity index is 259. The molecule has 0 atom stereocenters. The van der Waals surface area contributed by atoms with E-state index in [0.29, 0.717) is 6.54 Å². The van der Waals surface area contributed by atoms with Crippen LogP contribution in [0.1, 0.15) is 34.1 Å². The van der Waals surface area contributed by atoms with Gasteiger partial charge in [-0.2, -0.15) is 0 Å². The molecule has 0 amide bonds. The topological polar surface area (TPSA) is 67.2 Å². The summed E-state index contributed by atoms with van der Waals surface area (Å²) in [6, 6.07) is 0. The van der Waals surface area contributed by atoms with Crippen molar-refractivity contribution in [3.8, 4) is 0 Å². The van der Waals surface area contributed by atoms with Crippen LogP contribution in [0.25, 0.3) is 10.4 Å². The summed E-state index contributed by atoms with van der Waals surface area (Å²) >= 11 is 0. The highest BCUT2D eigenvalue weighted by Gasteiger charge is 2.50. The van der Waals surface area contributed by atoms with Gasteiger partial charge in [0.15, 0.2) is 0 Å². The Morgan fingerprint density at radius 2 is 1.73 bits per heavy atom. The molecule has 84 valence electrons. The lowest BCUT2D eigenvalue weighted by atomic mass is 9.83. The van der Waals surface area contributed by atoms with Crippen molar-refractivity contribution in [3.63, 3.8) is 0 Å². The molecule has 0 N–H and O–H groups in total. The minimum absolute atomic E-state index is 0.177. The zero-order valence-electron chi connectivity index (χ0n) is 9.86. The Hall–Kier alpha value is -0.705. The molecule has 0 saturated carbocycles. The van der Waals surface area contributed by atoms with Crippen LogP contribution in [0.4, 0.5) is 0 Å². The van der Waals surface area contributed by atoms with E-state index in [1.807, 2.05) is 27.7 Å². The molecule has 0 aliphatic carbocycles. The maximum Gasteiger partial charge on any atom is 0.457 e. The molecule has 1 heterocycles. The molecule has 0 radical (unpaired) electrons. The average Bonchev–Trinajstić information content (AvgIpc) is 2.30. The summed E-state index contributed by atoms with van der Waals surface area (Å²) in [7, 11) is -0.177. The smallest absolute Gasteiger partial charge is 0.403 e. The van der Waals surface area contributed by atoms with Crippen LogP contribution in [0.5, 0.6) is 0 Å². The van der Waals surface area contributed by atoms with Crippen molar-refractivity contribution in [1.82, 2.24) is 0 Å². The molecule has 1 aliphatic heterocycles. The molecule has 5 nitrogen and oxygen atoms in total. The molecule has 1 fully saturated rings. The summed E-state index contributed by atoms with van der Waals surface area (Å²) in [6.45, 7) is 8.61. The molecule has 1 rings (SSSR count). The van der Waals surface area contributed by atoms with E-state index in [4.69, 9.17) is 14.8 Å². The van der Waals surface area contributed by atoms with Crippen molar-refractivity contribution < 1.29 is 9.31 Å². The molecule has 1 saturated heterocycles. The molecule has 0 bridgehead atoms. The van der Waals surface area contributed by atoms with E-state index >= 15 is 0 Å². The molecular formula is C9H18BN3O2. The van der Waals surface area contributed by atoms with Gasteiger partial charge in [-0.25, -0.2) is 0 Å². The van der Waals surface area contributed by atoms with Crippen molar-refractivity contribution in [2.24, 2.45) is 5.11 Å². The number of hydrogen-bond donors (Lipinski definition) is 0. The van der Waals surface area contributed by atoms with Gasteiger partial charge in [-0.1, -0.05) is 5.11 Å². The van der Waals surface area contributed by atoms with Gasteiger partial charge in [-0.15, -0.1) is 0 Å². The molecule has 0 aromatic heterocycles. The summed E-state index contributed by atoms with van der Waals surface area (Å²) in [4.78, 5) is 2.70. The lowest BCUT2D eigenvalue weighted by molar-refractivity contribution is 0.00578. The van der Waals surface area contributed by atoms with Crippen LogP contribution < -0.4 is 0 Å². The monoisotopic (exact) mass is 211 g/mol. The first-order chi connectivity index (χ1) is 6.89. The Kier molecular flexibility index (Phi) is 3.65. The molecule has 1 aliphatic rings. The van der Waals surface area contributed by atoms with Gasteiger partial charge in [0.05, 0.1) is 11.2 Å². The van der Waals surface area contributed by atoms with E-state index in [1.54, 1.807) is 0 Å². The predicted molar refractivity (Wildman–Crippen MR) is 59.5 cm³/mol. The lowest BCUT2D eigenvalue weighted by Gasteiger charge is -2.32. The van der Waals surface area contributed by atoms with Crippen LogP contribution >= 0.6 is 0 Å². The normalized spacial score (nSPS) is 22.5. The second-order valence-electron chi connectivity index (χ2n) is 4.78. The number of nitrogens with zero attached hydrogens (tertiary/aromatic N) is 3. The zero-order valence-corrected chi connectivity index (χ0v) is 9.86. The van der Waals surface area contributed by atoms with Crippen molar-refractivity contribution in [1.29, 1.82) is 0 Å². The van der Waals surface area contributed by atoms with Crippen molar-refractivity contribution in [3.05, 3.63) is 10.4 Å². The maximum absolute atomic E-state index is 8.12. The zero-order chi connectivity index (χ0) is 11.5. The highest BCUT2D eigenvalue weighted by atomic mass is 16.7. The second-order valence-corrected chi connectivity index (χ2v) is 4.78. The molecule has 0 aromatic carbocycles. The Morgan fingerprint density at radius 3 is 2.20 bits per heavy atom. The van der Waals surface area contributed by atoms with Gasteiger partial charge in [0.2, 0.25) is 0 Å². The quantitative estimate of drug-likeness (QED) is 0.236. The molecule has 15 heavy (non-hydrogen) atoms. The first-order valence-electron chi connectivity index (χ1n) is 5.25. The molecule has 0 aromatic rings. The van der Waals surface area contributed by atoms with Gasteiger partial charge >= 0.3 is 7.12 Å². The number of azide groups is 1. The summed E-state index contributed by atoms with van der Waals surface area (Å²) in [5.74, 6) is 0. The third kappa shape index (κ3) is 2.87. The van der Waals surface area contributed by atoms with Crippen LogP contribution in [0.15, 0.2) is 5.11 Å². The molecule has 0 spiro atoms. The summed E-state index contributed by atoms with van der Waals surface area (Å²) in [5, 5.41) is 3.47. The third-order valence-corrected chi connectivity index (χ3v) is 3.06. The van der Waals surface area contributed by atoms with Gasteiger partial charge in [0.1, 0.15) is 0 Å². The van der Waals surface area contributed by atoms with Gasteiger partial charge in [0.25, 0.3) is 0 Å². The fraction of sp³-hybridized carbons (Fsp3) is 1.00. The second kappa shape index (κ2) is 4.43. The van der Waals surface area contributed by atoms with Crippen molar-refractivity contribution in [2.75, 3.05) is 6.54 Å². The predicted octanol–water partition coefficient (Wildman–Crippen LogP) is 2.78. The lowest BCUT2D eigenvalue weighted by Crippen LogP contribution is -2.41. The Morgan fingerprint density at radius 1 is 1.20 bits per heavy atom. The highest BCUT2D eigenvalue weighted by molar-refractivity contribution is 6.45. The molecule has 0 unspecified atom stereocenters. The van der Waals surface area contributed by atoms with E-state index in [9.17, 15) is 0 Å². The average molecular weight is 211 g/mol. The van der Waals surface area contributed by atoms with E-state index in [2.05, 4.69) is 10.0 Å². The van der Waals surface area contributed by atoms with Gasteiger partial charge in [-0.05, 0) is 46.0 Å². The molecule has 6 heteroatoms. The summed E-state index contributed by atoms with van der Waals surface area (Å²) < 4.78 is 11.6. The van der Waals surface area contributed by atoms with Crippen LogP contribution in [-0.2, 0) is 9.31 Å². The van der Waals surface area contributed by atoms with Crippen LogP contribution in [0.3, 0.4) is 0 Å². The van der Waals surface area contributed by atoms with Gasteiger partial charge in [-0.3, -0.25) is 0 Å². The van der Waals surface area contributed by atoms with Crippen LogP contribution in [0, 0.1) is 0 Å². The van der Waals surface area contributed by atoms with Crippen LogP contribution in [0.2, 0.25) is 6.32 Å². The van der Waals surface area contributed by atoms with Gasteiger partial charge in [0, 0.05) is 11.5 Å².